The Labute approximate surface area is 148 Å². The van der Waals surface area contributed by atoms with E-state index in [2.05, 4.69) is 0 Å². The molecule has 2 fully saturated rings. The van der Waals surface area contributed by atoms with Gasteiger partial charge in [-0.15, -0.1) is 0 Å². The summed E-state index contributed by atoms with van der Waals surface area (Å²) in [4.78, 5) is 26.3. The van der Waals surface area contributed by atoms with Gasteiger partial charge in [0.2, 0.25) is 5.91 Å². The van der Waals surface area contributed by atoms with E-state index >= 15 is 0 Å². The van der Waals surface area contributed by atoms with E-state index in [4.69, 9.17) is 16.3 Å². The van der Waals surface area contributed by atoms with Gasteiger partial charge in [0.15, 0.2) is 0 Å². The van der Waals surface area contributed by atoms with Crippen molar-refractivity contribution in [1.82, 2.24) is 4.90 Å². The Morgan fingerprint density at radius 3 is 2.71 bits per heavy atom. The maximum absolute atomic E-state index is 12.9. The van der Waals surface area contributed by atoms with E-state index in [-0.39, 0.29) is 30.1 Å². The first-order valence-electron chi connectivity index (χ1n) is 8.79. The zero-order valence-corrected chi connectivity index (χ0v) is 14.8. The Kier molecular flexibility index (Phi) is 5.44. The van der Waals surface area contributed by atoms with Gasteiger partial charge in [0, 0.05) is 24.0 Å². The molecule has 3 rings (SSSR count). The van der Waals surface area contributed by atoms with Crippen molar-refractivity contribution in [2.24, 2.45) is 11.8 Å². The highest BCUT2D eigenvalue weighted by molar-refractivity contribution is 6.31. The van der Waals surface area contributed by atoms with Crippen LogP contribution < -0.4 is 0 Å². The summed E-state index contributed by atoms with van der Waals surface area (Å²) in [5.41, 5.74) is 1.06. The van der Waals surface area contributed by atoms with Crippen molar-refractivity contribution >= 4 is 23.5 Å². The molecule has 0 N–H and O–H groups in total. The van der Waals surface area contributed by atoms with E-state index in [1.807, 2.05) is 29.2 Å². The van der Waals surface area contributed by atoms with Crippen LogP contribution in [0.15, 0.2) is 24.3 Å². The molecule has 0 spiro atoms. The van der Waals surface area contributed by atoms with Crippen molar-refractivity contribution in [2.45, 2.75) is 38.5 Å². The van der Waals surface area contributed by atoms with Crippen molar-refractivity contribution in [3.63, 3.8) is 0 Å². The third kappa shape index (κ3) is 4.29. The fourth-order valence-corrected chi connectivity index (χ4v) is 3.46. The molecule has 4 nitrogen and oxygen atoms in total. The third-order valence-electron chi connectivity index (χ3n) is 4.79. The van der Waals surface area contributed by atoms with E-state index in [1.54, 1.807) is 6.92 Å². The summed E-state index contributed by atoms with van der Waals surface area (Å²) in [5, 5.41) is 0.734. The molecule has 2 atom stereocenters. The number of amides is 1. The third-order valence-corrected chi connectivity index (χ3v) is 5.13. The normalized spacial score (nSPS) is 22.1. The predicted octanol–water partition coefficient (Wildman–Crippen LogP) is 3.64. The molecule has 2 unspecified atom stereocenters. The summed E-state index contributed by atoms with van der Waals surface area (Å²) in [6.45, 7) is 3.40. The minimum Gasteiger partial charge on any atom is -0.466 e. The summed E-state index contributed by atoms with van der Waals surface area (Å²) in [7, 11) is 0. The number of carbonyl (C=O) groups excluding carboxylic acids is 2. The van der Waals surface area contributed by atoms with Crippen molar-refractivity contribution in [1.29, 1.82) is 0 Å². The molecule has 0 heterocycles. The van der Waals surface area contributed by atoms with Crippen LogP contribution in [0, 0.1) is 11.8 Å². The summed E-state index contributed by atoms with van der Waals surface area (Å²) >= 11 is 6.25. The van der Waals surface area contributed by atoms with Crippen LogP contribution in [-0.2, 0) is 14.3 Å². The van der Waals surface area contributed by atoms with Gasteiger partial charge in [0.1, 0.15) is 0 Å². The van der Waals surface area contributed by atoms with Gasteiger partial charge in [0.25, 0.3) is 0 Å². The van der Waals surface area contributed by atoms with Crippen molar-refractivity contribution < 1.29 is 14.3 Å². The number of rotatable bonds is 8. The smallest absolute Gasteiger partial charge is 0.307 e. The monoisotopic (exact) mass is 349 g/mol. The highest BCUT2D eigenvalue weighted by Crippen LogP contribution is 2.50. The molecule has 2 saturated carbocycles. The van der Waals surface area contributed by atoms with Crippen molar-refractivity contribution in [3.05, 3.63) is 34.9 Å². The van der Waals surface area contributed by atoms with Crippen LogP contribution in [0.3, 0.4) is 0 Å². The number of hydrogen-bond donors (Lipinski definition) is 0. The Morgan fingerprint density at radius 1 is 1.29 bits per heavy atom. The Morgan fingerprint density at radius 2 is 2.04 bits per heavy atom. The van der Waals surface area contributed by atoms with Gasteiger partial charge in [-0.05, 0) is 49.7 Å². The second-order valence-electron chi connectivity index (χ2n) is 6.75. The molecule has 0 radical (unpaired) electrons. The topological polar surface area (TPSA) is 46.6 Å². The molecule has 130 valence electrons. The second kappa shape index (κ2) is 7.56. The number of benzene rings is 1. The zero-order chi connectivity index (χ0) is 17.1. The van der Waals surface area contributed by atoms with Crippen LogP contribution in [0.5, 0.6) is 0 Å². The molecule has 0 saturated heterocycles. The summed E-state index contributed by atoms with van der Waals surface area (Å²) in [6.07, 6.45) is 3.49. The van der Waals surface area contributed by atoms with Gasteiger partial charge in [0.05, 0.1) is 13.0 Å². The minimum atomic E-state index is -0.232. The van der Waals surface area contributed by atoms with Crippen molar-refractivity contribution in [3.8, 4) is 0 Å². The quantitative estimate of drug-likeness (QED) is 0.673. The number of hydrogen-bond acceptors (Lipinski definition) is 3. The second-order valence-corrected chi connectivity index (χ2v) is 7.16. The first-order valence-corrected chi connectivity index (χ1v) is 9.16. The number of nitrogens with zero attached hydrogens (tertiary/aromatic N) is 1. The molecule has 5 heteroatoms. The van der Waals surface area contributed by atoms with Gasteiger partial charge in [-0.3, -0.25) is 9.59 Å². The maximum Gasteiger partial charge on any atom is 0.307 e. The Balaban J connectivity index is 1.59. The van der Waals surface area contributed by atoms with Gasteiger partial charge >= 0.3 is 5.97 Å². The molecule has 2 aliphatic carbocycles. The highest BCUT2D eigenvalue weighted by Gasteiger charge is 2.47. The lowest BCUT2D eigenvalue weighted by molar-refractivity contribution is -0.144. The number of esters is 1. The summed E-state index contributed by atoms with van der Waals surface area (Å²) in [5.74, 6) is 0.760. The average Bonchev–Trinajstić information content (AvgIpc) is 3.45. The van der Waals surface area contributed by atoms with Gasteiger partial charge in [-0.25, -0.2) is 0 Å². The molecule has 2 aliphatic rings. The number of halogens is 1. The molecule has 0 aromatic heterocycles. The van der Waals surface area contributed by atoms with Crippen LogP contribution in [-0.4, -0.2) is 36.5 Å². The van der Waals surface area contributed by atoms with E-state index in [1.165, 1.54) is 12.8 Å². The van der Waals surface area contributed by atoms with Crippen LogP contribution >= 0.6 is 11.6 Å². The first kappa shape index (κ1) is 17.3. The van der Waals surface area contributed by atoms with Crippen molar-refractivity contribution in [2.75, 3.05) is 19.7 Å². The van der Waals surface area contributed by atoms with Crippen LogP contribution in [0.1, 0.15) is 44.1 Å². The zero-order valence-electron chi connectivity index (χ0n) is 14.0. The number of carbonyl (C=O) groups is 2. The molecule has 0 bridgehead atoms. The lowest BCUT2D eigenvalue weighted by Gasteiger charge is -2.22. The molecule has 1 aromatic rings. The largest absolute Gasteiger partial charge is 0.466 e. The highest BCUT2D eigenvalue weighted by atomic mass is 35.5. The predicted molar refractivity (Wildman–Crippen MR) is 92.9 cm³/mol. The standard InChI is InChI=1S/C19H24ClNO3/c1-2-24-18(22)9-10-21(12-13-7-8-13)19(23)16-11-15(16)14-5-3-4-6-17(14)20/h3-6,13,15-16H,2,7-12H2,1H3. The van der Waals surface area contributed by atoms with E-state index in [0.29, 0.717) is 19.1 Å². The van der Waals surface area contributed by atoms with Gasteiger partial charge in [-0.1, -0.05) is 29.8 Å². The van der Waals surface area contributed by atoms with Crippen LogP contribution in [0.25, 0.3) is 0 Å². The number of ether oxygens (including phenoxy) is 1. The van der Waals surface area contributed by atoms with E-state index in [0.717, 1.165) is 23.6 Å². The van der Waals surface area contributed by atoms with Gasteiger partial charge in [-0.2, -0.15) is 0 Å². The molecule has 1 aromatic carbocycles. The summed E-state index contributed by atoms with van der Waals surface area (Å²) in [6, 6.07) is 7.75. The average molecular weight is 350 g/mol. The fourth-order valence-electron chi connectivity index (χ4n) is 3.18. The SMILES string of the molecule is CCOC(=O)CCN(CC1CC1)C(=O)C1CC1c1ccccc1Cl. The fraction of sp³-hybridized carbons (Fsp3) is 0.579. The molecular weight excluding hydrogens is 326 g/mol. The lowest BCUT2D eigenvalue weighted by atomic mass is 10.1. The lowest BCUT2D eigenvalue weighted by Crippen LogP contribution is -2.36. The van der Waals surface area contributed by atoms with E-state index in [9.17, 15) is 9.59 Å². The van der Waals surface area contributed by atoms with Crippen LogP contribution in [0.2, 0.25) is 5.02 Å². The van der Waals surface area contributed by atoms with E-state index < -0.39 is 0 Å². The molecule has 1 amide bonds. The Hall–Kier alpha value is -1.55. The molecular formula is C19H24ClNO3. The summed E-state index contributed by atoms with van der Waals surface area (Å²) < 4.78 is 4.98. The maximum atomic E-state index is 12.9. The molecule has 24 heavy (non-hydrogen) atoms. The minimum absolute atomic E-state index is 0.00541. The van der Waals surface area contributed by atoms with Crippen LogP contribution in [0.4, 0.5) is 0 Å². The molecule has 0 aliphatic heterocycles. The first-order chi connectivity index (χ1) is 11.6. The Bertz CT molecular complexity index is 614. The van der Waals surface area contributed by atoms with Gasteiger partial charge < -0.3 is 9.64 Å².